The van der Waals surface area contributed by atoms with Gasteiger partial charge in [0.2, 0.25) is 5.91 Å². The molecular formula is C15H21NO2S. The zero-order valence-corrected chi connectivity index (χ0v) is 12.3. The van der Waals surface area contributed by atoms with Gasteiger partial charge in [0, 0.05) is 41.3 Å². The Morgan fingerprint density at radius 3 is 3.00 bits per heavy atom. The quantitative estimate of drug-likeness (QED) is 0.851. The lowest BCUT2D eigenvalue weighted by molar-refractivity contribution is -0.137. The van der Waals surface area contributed by atoms with Crippen LogP contribution in [0.2, 0.25) is 0 Å². The van der Waals surface area contributed by atoms with Crippen LogP contribution in [-0.2, 0) is 16.0 Å². The van der Waals surface area contributed by atoms with E-state index in [4.69, 9.17) is 4.74 Å². The molecule has 0 radical (unpaired) electrons. The number of likely N-dealkylation sites (tertiary alicyclic amines) is 1. The molecule has 1 unspecified atom stereocenters. The Labute approximate surface area is 118 Å². The van der Waals surface area contributed by atoms with Gasteiger partial charge in [-0.1, -0.05) is 0 Å². The highest BCUT2D eigenvalue weighted by molar-refractivity contribution is 7.11. The zero-order valence-electron chi connectivity index (χ0n) is 11.5. The van der Waals surface area contributed by atoms with Crippen molar-refractivity contribution in [2.75, 3.05) is 26.3 Å². The fraction of sp³-hybridized carbons (Fsp3) is 0.667. The molecule has 3 rings (SSSR count). The number of piperidine rings is 1. The predicted molar refractivity (Wildman–Crippen MR) is 76.4 cm³/mol. The van der Waals surface area contributed by atoms with Crippen molar-refractivity contribution in [2.45, 2.75) is 32.6 Å². The Morgan fingerprint density at radius 1 is 1.42 bits per heavy atom. The highest BCUT2D eigenvalue weighted by Gasteiger charge is 2.41. The Hall–Kier alpha value is -0.870. The van der Waals surface area contributed by atoms with Crippen molar-refractivity contribution in [1.29, 1.82) is 0 Å². The van der Waals surface area contributed by atoms with Gasteiger partial charge in [-0.25, -0.2) is 0 Å². The van der Waals surface area contributed by atoms with Crippen molar-refractivity contribution in [3.8, 4) is 0 Å². The summed E-state index contributed by atoms with van der Waals surface area (Å²) >= 11 is 1.84. The lowest BCUT2D eigenvalue weighted by atomic mass is 9.79. The topological polar surface area (TPSA) is 29.5 Å². The standard InChI is InChI=1S/C15H21NO2S/c1-12-2-3-13(19-12)5-8-16-10-15(6-4-14(16)17)7-9-18-11-15/h2-3H,4-11H2,1H3. The van der Waals surface area contributed by atoms with Crippen molar-refractivity contribution in [2.24, 2.45) is 5.41 Å². The normalized spacial score (nSPS) is 27.4. The summed E-state index contributed by atoms with van der Waals surface area (Å²) in [5, 5.41) is 0. The summed E-state index contributed by atoms with van der Waals surface area (Å²) in [6.45, 7) is 5.60. The van der Waals surface area contributed by atoms with E-state index in [0.29, 0.717) is 12.3 Å². The Balaban J connectivity index is 1.60. The molecule has 2 aliphatic heterocycles. The molecule has 2 fully saturated rings. The number of hydrogen-bond acceptors (Lipinski definition) is 3. The second-order valence-electron chi connectivity index (χ2n) is 5.88. The van der Waals surface area contributed by atoms with E-state index in [1.54, 1.807) is 0 Å². The second kappa shape index (κ2) is 5.25. The molecule has 0 saturated carbocycles. The van der Waals surface area contributed by atoms with Crippen molar-refractivity contribution < 1.29 is 9.53 Å². The molecule has 104 valence electrons. The lowest BCUT2D eigenvalue weighted by Gasteiger charge is -2.39. The number of thiophene rings is 1. The second-order valence-corrected chi connectivity index (χ2v) is 7.25. The van der Waals surface area contributed by atoms with Gasteiger partial charge in [0.15, 0.2) is 0 Å². The molecule has 4 heteroatoms. The highest BCUT2D eigenvalue weighted by Crippen LogP contribution is 2.38. The van der Waals surface area contributed by atoms with Gasteiger partial charge >= 0.3 is 0 Å². The molecule has 1 atom stereocenters. The number of hydrogen-bond donors (Lipinski definition) is 0. The van der Waals surface area contributed by atoms with Crippen LogP contribution in [0.3, 0.4) is 0 Å². The van der Waals surface area contributed by atoms with Crippen LogP contribution < -0.4 is 0 Å². The minimum Gasteiger partial charge on any atom is -0.381 e. The molecule has 1 amide bonds. The molecule has 0 N–H and O–H groups in total. The molecule has 0 bridgehead atoms. The monoisotopic (exact) mass is 279 g/mol. The summed E-state index contributed by atoms with van der Waals surface area (Å²) in [7, 11) is 0. The number of carbonyl (C=O) groups is 1. The first-order valence-electron chi connectivity index (χ1n) is 7.08. The fourth-order valence-corrected chi connectivity index (χ4v) is 4.02. The molecule has 19 heavy (non-hydrogen) atoms. The first kappa shape index (κ1) is 13.1. The summed E-state index contributed by atoms with van der Waals surface area (Å²) in [5.74, 6) is 0.325. The largest absolute Gasteiger partial charge is 0.381 e. The minimum absolute atomic E-state index is 0.263. The Bertz CT molecular complexity index is 462. The molecule has 3 nitrogen and oxygen atoms in total. The van der Waals surface area contributed by atoms with Crippen LogP contribution in [0.1, 0.15) is 29.0 Å². The Kier molecular flexibility index (Phi) is 3.63. The lowest BCUT2D eigenvalue weighted by Crippen LogP contribution is -2.47. The molecule has 1 aromatic heterocycles. The third-order valence-electron chi connectivity index (χ3n) is 4.36. The van der Waals surface area contributed by atoms with E-state index in [2.05, 4.69) is 24.0 Å². The van der Waals surface area contributed by atoms with Crippen LogP contribution in [0.4, 0.5) is 0 Å². The third-order valence-corrected chi connectivity index (χ3v) is 5.42. The van der Waals surface area contributed by atoms with Crippen LogP contribution in [0.5, 0.6) is 0 Å². The molecule has 0 aliphatic carbocycles. The van der Waals surface area contributed by atoms with Crippen LogP contribution in [0.25, 0.3) is 0 Å². The van der Waals surface area contributed by atoms with Crippen molar-refractivity contribution in [1.82, 2.24) is 4.90 Å². The van der Waals surface area contributed by atoms with Gasteiger partial charge in [0.1, 0.15) is 0 Å². The van der Waals surface area contributed by atoms with E-state index in [-0.39, 0.29) is 5.41 Å². The predicted octanol–water partition coefficient (Wildman–Crippen LogP) is 2.63. The van der Waals surface area contributed by atoms with Crippen molar-refractivity contribution in [3.63, 3.8) is 0 Å². The van der Waals surface area contributed by atoms with Gasteiger partial charge in [-0.2, -0.15) is 0 Å². The number of ether oxygens (including phenoxy) is 1. The van der Waals surface area contributed by atoms with Crippen LogP contribution in [-0.4, -0.2) is 37.1 Å². The molecule has 1 spiro atoms. The van der Waals surface area contributed by atoms with Gasteiger partial charge in [-0.15, -0.1) is 11.3 Å². The zero-order chi connectivity index (χ0) is 13.3. The summed E-state index contributed by atoms with van der Waals surface area (Å²) in [5.41, 5.74) is 0.263. The molecule has 3 heterocycles. The highest BCUT2D eigenvalue weighted by atomic mass is 32.1. The maximum Gasteiger partial charge on any atom is 0.222 e. The van der Waals surface area contributed by atoms with Crippen LogP contribution in [0, 0.1) is 12.3 Å². The number of nitrogens with zero attached hydrogens (tertiary/aromatic N) is 1. The van der Waals surface area contributed by atoms with Gasteiger partial charge in [0.05, 0.1) is 6.61 Å². The molecule has 2 saturated heterocycles. The number of aryl methyl sites for hydroxylation is 1. The molecular weight excluding hydrogens is 258 g/mol. The third kappa shape index (κ3) is 2.84. The molecule has 0 aromatic carbocycles. The van der Waals surface area contributed by atoms with E-state index in [0.717, 1.165) is 45.6 Å². The average molecular weight is 279 g/mol. The van der Waals surface area contributed by atoms with E-state index in [9.17, 15) is 4.79 Å². The number of amides is 1. The summed E-state index contributed by atoms with van der Waals surface area (Å²) < 4.78 is 5.55. The van der Waals surface area contributed by atoms with Gasteiger partial charge in [0.25, 0.3) is 0 Å². The van der Waals surface area contributed by atoms with Gasteiger partial charge in [-0.05, 0) is 38.3 Å². The first-order chi connectivity index (χ1) is 9.17. The maximum atomic E-state index is 12.0. The van der Waals surface area contributed by atoms with Crippen LogP contribution in [0.15, 0.2) is 12.1 Å². The summed E-state index contributed by atoms with van der Waals surface area (Å²) in [6, 6.07) is 4.34. The summed E-state index contributed by atoms with van der Waals surface area (Å²) in [6.07, 6.45) is 3.82. The SMILES string of the molecule is Cc1ccc(CCN2CC3(CCOC3)CCC2=O)s1. The average Bonchev–Trinajstić information content (AvgIpc) is 3.01. The minimum atomic E-state index is 0.263. The van der Waals surface area contributed by atoms with Crippen LogP contribution >= 0.6 is 11.3 Å². The van der Waals surface area contributed by atoms with Crippen molar-refractivity contribution in [3.05, 3.63) is 21.9 Å². The van der Waals surface area contributed by atoms with E-state index in [1.807, 2.05) is 11.3 Å². The number of carbonyl (C=O) groups excluding carboxylic acids is 1. The molecule has 2 aliphatic rings. The van der Waals surface area contributed by atoms with E-state index in [1.165, 1.54) is 9.75 Å². The van der Waals surface area contributed by atoms with E-state index < -0.39 is 0 Å². The number of rotatable bonds is 3. The van der Waals surface area contributed by atoms with Gasteiger partial charge in [-0.3, -0.25) is 4.79 Å². The van der Waals surface area contributed by atoms with E-state index >= 15 is 0 Å². The Morgan fingerprint density at radius 2 is 2.32 bits per heavy atom. The first-order valence-corrected chi connectivity index (χ1v) is 7.89. The maximum absolute atomic E-state index is 12.0. The fourth-order valence-electron chi connectivity index (χ4n) is 3.14. The van der Waals surface area contributed by atoms with Crippen molar-refractivity contribution >= 4 is 17.2 Å². The smallest absolute Gasteiger partial charge is 0.222 e. The molecule has 1 aromatic rings. The summed E-state index contributed by atoms with van der Waals surface area (Å²) in [4.78, 5) is 16.8. The van der Waals surface area contributed by atoms with Gasteiger partial charge < -0.3 is 9.64 Å².